The van der Waals surface area contributed by atoms with Crippen molar-refractivity contribution in [1.29, 1.82) is 0 Å². The van der Waals surface area contributed by atoms with E-state index in [-0.39, 0.29) is 31.3 Å². The molecule has 1 aliphatic rings. The zero-order chi connectivity index (χ0) is 37.9. The summed E-state index contributed by atoms with van der Waals surface area (Å²) in [7, 11) is 2.99. The molecule has 0 saturated carbocycles. The molecule has 5 unspecified atom stereocenters. The number of urea groups is 1. The number of para-hydroxylation sites is 1. The van der Waals surface area contributed by atoms with E-state index in [1.165, 1.54) is 7.11 Å². The molecule has 5 atom stereocenters. The summed E-state index contributed by atoms with van der Waals surface area (Å²) < 4.78 is 23.9. The molecule has 10 heteroatoms. The van der Waals surface area contributed by atoms with Gasteiger partial charge in [0, 0.05) is 35.1 Å². The Bertz CT molecular complexity index is 1970. The van der Waals surface area contributed by atoms with E-state index >= 15 is 0 Å². The molecule has 0 aromatic heterocycles. The second kappa shape index (κ2) is 18.8. The first kappa shape index (κ1) is 38.6. The molecule has 1 aliphatic heterocycles. The number of hydrogen-bond donors (Lipinski definition) is 3. The second-order valence-electron chi connectivity index (χ2n) is 13.2. The molecule has 3 N–H and O–H groups in total. The van der Waals surface area contributed by atoms with Crippen molar-refractivity contribution in [2.45, 2.75) is 55.9 Å². The molecule has 5 aromatic rings. The number of rotatable bonds is 14. The second-order valence-corrected chi connectivity index (χ2v) is 14.2. The molecule has 5 aromatic carbocycles. The number of benzene rings is 5. The smallest absolute Gasteiger partial charge is 0.328 e. The number of nitrogens with one attached hydrogen (secondary N) is 2. The van der Waals surface area contributed by atoms with Gasteiger partial charge in [-0.2, -0.15) is 0 Å². The van der Waals surface area contributed by atoms with E-state index in [4.69, 9.17) is 18.9 Å². The monoisotopic (exact) mass is 746 g/mol. The molecule has 0 radical (unpaired) electrons. The van der Waals surface area contributed by atoms with Crippen LogP contribution >= 0.6 is 11.8 Å². The predicted octanol–water partition coefficient (Wildman–Crippen LogP) is 8.02. The SMILES string of the molecule is COC(=O)C(Cc1ccccc1)NC(=O)NCc1ccccc1-c1ccc(C2OC(CSc3ccccc3OC)C(C)C(c3ccc(CO)cc3)O2)cc1. The highest BCUT2D eigenvalue weighted by Gasteiger charge is 2.38. The standard InChI is InChI=1S/C44H46N2O7S/c1-29-39(28-54-40-16-10-9-15-38(40)50-2)52-43(53-41(29)33-19-17-31(27-47)18-20-33)34-23-21-32(22-24-34)36-14-8-7-13-35(36)26-45-44(49)46-37(42(48)51-3)25-30-11-5-4-6-12-30/h4-24,29,37,39,41,43,47H,25-28H2,1-3H3,(H2,45,46,49). The number of aliphatic hydroxyl groups excluding tert-OH is 1. The summed E-state index contributed by atoms with van der Waals surface area (Å²) in [6.45, 7) is 2.38. The Morgan fingerprint density at radius 3 is 2.20 bits per heavy atom. The lowest BCUT2D eigenvalue weighted by atomic mass is 9.91. The van der Waals surface area contributed by atoms with Crippen LogP contribution in [0.25, 0.3) is 11.1 Å². The fourth-order valence-corrected chi connectivity index (χ4v) is 7.76. The number of esters is 1. The molecule has 1 fully saturated rings. The van der Waals surface area contributed by atoms with Crippen molar-refractivity contribution in [2.75, 3.05) is 20.0 Å². The van der Waals surface area contributed by atoms with Crippen molar-refractivity contribution in [2.24, 2.45) is 5.92 Å². The fourth-order valence-electron chi connectivity index (χ4n) is 6.57. The van der Waals surface area contributed by atoms with Crippen LogP contribution in [0.5, 0.6) is 5.75 Å². The molecule has 0 spiro atoms. The Kier molecular flexibility index (Phi) is 13.4. The van der Waals surface area contributed by atoms with E-state index in [1.807, 2.05) is 121 Å². The third kappa shape index (κ3) is 9.69. The van der Waals surface area contributed by atoms with E-state index in [2.05, 4.69) is 23.6 Å². The van der Waals surface area contributed by atoms with Gasteiger partial charge in [-0.3, -0.25) is 0 Å². The topological polar surface area (TPSA) is 115 Å². The Morgan fingerprint density at radius 2 is 1.48 bits per heavy atom. The van der Waals surface area contributed by atoms with Gasteiger partial charge in [-0.05, 0) is 45.5 Å². The van der Waals surface area contributed by atoms with E-state index in [0.29, 0.717) is 12.2 Å². The van der Waals surface area contributed by atoms with E-state index in [9.17, 15) is 14.7 Å². The first-order chi connectivity index (χ1) is 26.4. The largest absolute Gasteiger partial charge is 0.496 e. The van der Waals surface area contributed by atoms with Gasteiger partial charge in [0.2, 0.25) is 0 Å². The normalized spacial score (nSPS) is 18.7. The molecule has 2 amide bonds. The molecular weight excluding hydrogens is 701 g/mol. The van der Waals surface area contributed by atoms with Crippen LogP contribution in [0.4, 0.5) is 4.79 Å². The lowest BCUT2D eigenvalue weighted by Crippen LogP contribution is -2.47. The summed E-state index contributed by atoms with van der Waals surface area (Å²) in [6.07, 6.45) is -0.663. The fraction of sp³-hybridized carbons (Fsp3) is 0.273. The van der Waals surface area contributed by atoms with Crippen molar-refractivity contribution in [3.05, 3.63) is 155 Å². The summed E-state index contributed by atoms with van der Waals surface area (Å²) >= 11 is 1.70. The van der Waals surface area contributed by atoms with Crippen LogP contribution < -0.4 is 15.4 Å². The highest BCUT2D eigenvalue weighted by molar-refractivity contribution is 7.99. The van der Waals surface area contributed by atoms with E-state index < -0.39 is 24.3 Å². The summed E-state index contributed by atoms with van der Waals surface area (Å²) in [5.74, 6) is 1.06. The molecule has 6 rings (SSSR count). The summed E-state index contributed by atoms with van der Waals surface area (Å²) in [5.41, 5.74) is 6.52. The van der Waals surface area contributed by atoms with Gasteiger partial charge in [-0.15, -0.1) is 11.8 Å². The van der Waals surface area contributed by atoms with Gasteiger partial charge in [0.15, 0.2) is 6.29 Å². The Hall–Kier alpha value is -5.13. The predicted molar refractivity (Wildman–Crippen MR) is 210 cm³/mol. The van der Waals surface area contributed by atoms with Crippen LogP contribution in [0.2, 0.25) is 0 Å². The maximum Gasteiger partial charge on any atom is 0.328 e. The van der Waals surface area contributed by atoms with Gasteiger partial charge in [-0.25, -0.2) is 9.59 Å². The van der Waals surface area contributed by atoms with Gasteiger partial charge in [0.25, 0.3) is 0 Å². The van der Waals surface area contributed by atoms with Crippen LogP contribution in [0.3, 0.4) is 0 Å². The third-order valence-corrected chi connectivity index (χ3v) is 10.8. The highest BCUT2D eigenvalue weighted by atomic mass is 32.2. The zero-order valence-electron chi connectivity index (χ0n) is 30.6. The Morgan fingerprint density at radius 1 is 0.796 bits per heavy atom. The quantitative estimate of drug-likeness (QED) is 0.0774. The van der Waals surface area contributed by atoms with Crippen LogP contribution in [-0.2, 0) is 38.6 Å². The van der Waals surface area contributed by atoms with Gasteiger partial charge in [-0.1, -0.05) is 122 Å². The van der Waals surface area contributed by atoms with Gasteiger partial charge in [0.1, 0.15) is 11.8 Å². The molecule has 0 aliphatic carbocycles. The number of carbonyl (C=O) groups excluding carboxylic acids is 2. The van der Waals surface area contributed by atoms with Crippen molar-refractivity contribution < 1.29 is 33.6 Å². The molecule has 1 heterocycles. The van der Waals surface area contributed by atoms with Gasteiger partial charge < -0.3 is 34.7 Å². The van der Waals surface area contributed by atoms with Gasteiger partial charge in [0.05, 0.1) is 33.0 Å². The van der Waals surface area contributed by atoms with Crippen molar-refractivity contribution in [3.8, 4) is 16.9 Å². The van der Waals surface area contributed by atoms with Crippen molar-refractivity contribution >= 4 is 23.8 Å². The first-order valence-corrected chi connectivity index (χ1v) is 19.0. The van der Waals surface area contributed by atoms with Gasteiger partial charge >= 0.3 is 12.0 Å². The number of amides is 2. The number of ether oxygens (including phenoxy) is 4. The van der Waals surface area contributed by atoms with Crippen molar-refractivity contribution in [1.82, 2.24) is 10.6 Å². The molecular formula is C44H46N2O7S. The third-order valence-electron chi connectivity index (χ3n) is 9.62. The van der Waals surface area contributed by atoms with Crippen LogP contribution in [0.15, 0.2) is 132 Å². The number of methoxy groups -OCH3 is 2. The average molecular weight is 747 g/mol. The molecule has 9 nitrogen and oxygen atoms in total. The summed E-state index contributed by atoms with van der Waals surface area (Å²) in [4.78, 5) is 26.5. The minimum atomic E-state index is -0.828. The van der Waals surface area contributed by atoms with Crippen LogP contribution in [0.1, 0.15) is 47.1 Å². The molecule has 280 valence electrons. The molecule has 54 heavy (non-hydrogen) atoms. The number of carbonyl (C=O) groups is 2. The first-order valence-electron chi connectivity index (χ1n) is 18.0. The zero-order valence-corrected chi connectivity index (χ0v) is 31.5. The molecule has 0 bridgehead atoms. The Balaban J connectivity index is 1.16. The lowest BCUT2D eigenvalue weighted by molar-refractivity contribution is -0.268. The van der Waals surface area contributed by atoms with Crippen LogP contribution in [-0.4, -0.2) is 49.2 Å². The maximum atomic E-state index is 13.0. The number of aliphatic hydroxyl groups is 1. The minimum absolute atomic E-state index is 0.0192. The summed E-state index contributed by atoms with van der Waals surface area (Å²) in [5, 5.41) is 15.3. The van der Waals surface area contributed by atoms with Crippen LogP contribution in [0, 0.1) is 5.92 Å². The minimum Gasteiger partial charge on any atom is -0.496 e. The highest BCUT2D eigenvalue weighted by Crippen LogP contribution is 2.44. The average Bonchev–Trinajstić information content (AvgIpc) is 3.22. The number of hydrogen-bond acceptors (Lipinski definition) is 8. The summed E-state index contributed by atoms with van der Waals surface area (Å²) in [6, 6.07) is 40.1. The Labute approximate surface area is 321 Å². The molecule has 1 saturated heterocycles. The van der Waals surface area contributed by atoms with E-state index in [1.54, 1.807) is 18.9 Å². The van der Waals surface area contributed by atoms with E-state index in [0.717, 1.165) is 49.6 Å². The lowest BCUT2D eigenvalue weighted by Gasteiger charge is -2.41. The number of thioether (sulfide) groups is 1. The maximum absolute atomic E-state index is 13.0. The van der Waals surface area contributed by atoms with Crippen molar-refractivity contribution in [3.63, 3.8) is 0 Å².